The van der Waals surface area contributed by atoms with Crippen LogP contribution in [0.5, 0.6) is 0 Å². The van der Waals surface area contributed by atoms with Gasteiger partial charge in [0, 0.05) is 0 Å². The second-order valence-electron chi connectivity index (χ2n) is 5.07. The zero-order chi connectivity index (χ0) is 16.0. The van der Waals surface area contributed by atoms with Gasteiger partial charge in [-0.15, -0.1) is 0 Å². The van der Waals surface area contributed by atoms with Gasteiger partial charge in [-0.1, -0.05) is 6.07 Å². The Morgan fingerprint density at radius 1 is 1.19 bits per heavy atom. The van der Waals surface area contributed by atoms with Gasteiger partial charge in [-0.2, -0.15) is 0 Å². The Hall–Kier alpha value is -2.26. The minimum Gasteiger partial charge on any atom is -0.276 e. The van der Waals surface area contributed by atoms with Crippen molar-refractivity contribution < 1.29 is 22.8 Å². The van der Waals surface area contributed by atoms with Gasteiger partial charge in [0.2, 0.25) is 21.8 Å². The molecule has 0 spiro atoms. The highest BCUT2D eigenvalue weighted by Gasteiger charge is 2.47. The zero-order valence-electron chi connectivity index (χ0n) is 11.3. The number of nitrogens with one attached hydrogen (secondary N) is 1. The zero-order valence-corrected chi connectivity index (χ0v) is 12.1. The molecule has 0 aromatic heterocycles. The minimum atomic E-state index is -3.98. The largest absolute Gasteiger partial charge is 0.335 e. The van der Waals surface area contributed by atoms with Crippen LogP contribution in [0, 0.1) is 5.41 Å². The van der Waals surface area contributed by atoms with Gasteiger partial charge in [0.05, 0.1) is 10.6 Å². The monoisotopic (exact) mass is 311 g/mol. The lowest BCUT2D eigenvalue weighted by atomic mass is 9.88. The van der Waals surface area contributed by atoms with Gasteiger partial charge in [-0.3, -0.25) is 14.9 Å². The number of nitrogens with zero attached hydrogens (tertiary/aromatic N) is 1. The molecule has 1 aromatic rings. The topological polar surface area (TPSA) is 127 Å². The summed E-state index contributed by atoms with van der Waals surface area (Å²) >= 11 is 0. The minimum absolute atomic E-state index is 0.0181. The lowest BCUT2D eigenvalue weighted by Gasteiger charge is -2.34. The molecule has 0 radical (unpaired) electrons. The number of anilines is 1. The summed E-state index contributed by atoms with van der Waals surface area (Å²) < 4.78 is 22.7. The molecule has 1 aliphatic rings. The highest BCUT2D eigenvalue weighted by atomic mass is 32.2. The van der Waals surface area contributed by atoms with E-state index in [2.05, 4.69) is 5.32 Å². The molecule has 1 aromatic carbocycles. The number of nitrogens with two attached hydrogens (primary N) is 1. The molecule has 1 saturated heterocycles. The first-order valence-corrected chi connectivity index (χ1v) is 7.42. The molecule has 0 saturated carbocycles. The fourth-order valence-corrected chi connectivity index (χ4v) is 2.37. The lowest BCUT2D eigenvalue weighted by Crippen LogP contribution is -2.62. The predicted octanol–water partition coefficient (Wildman–Crippen LogP) is -0.0570. The van der Waals surface area contributed by atoms with E-state index < -0.39 is 33.3 Å². The number of imide groups is 2. The highest BCUT2D eigenvalue weighted by molar-refractivity contribution is 7.89. The van der Waals surface area contributed by atoms with Crippen molar-refractivity contribution in [2.45, 2.75) is 18.7 Å². The maximum atomic E-state index is 12.3. The van der Waals surface area contributed by atoms with Crippen LogP contribution in [-0.2, 0) is 19.6 Å². The van der Waals surface area contributed by atoms with Crippen molar-refractivity contribution in [3.63, 3.8) is 0 Å². The average molecular weight is 311 g/mol. The molecule has 1 aliphatic heterocycles. The van der Waals surface area contributed by atoms with Gasteiger partial charge >= 0.3 is 6.03 Å². The number of carbonyl (C=O) groups excluding carboxylic acids is 3. The third kappa shape index (κ3) is 2.52. The van der Waals surface area contributed by atoms with Crippen LogP contribution in [0.4, 0.5) is 10.5 Å². The summed E-state index contributed by atoms with van der Waals surface area (Å²) in [6.07, 6.45) is 0. The first-order valence-electron chi connectivity index (χ1n) is 5.88. The Balaban J connectivity index is 2.53. The van der Waals surface area contributed by atoms with Crippen LogP contribution in [0.3, 0.4) is 0 Å². The number of sulfonamides is 1. The highest BCUT2D eigenvalue weighted by Crippen LogP contribution is 2.28. The van der Waals surface area contributed by atoms with Crippen LogP contribution < -0.4 is 15.4 Å². The Morgan fingerprint density at radius 3 is 2.38 bits per heavy atom. The molecule has 0 atom stereocenters. The summed E-state index contributed by atoms with van der Waals surface area (Å²) in [7, 11) is -3.98. The molecule has 21 heavy (non-hydrogen) atoms. The van der Waals surface area contributed by atoms with Gasteiger partial charge in [-0.25, -0.2) is 23.3 Å². The molecule has 9 heteroatoms. The van der Waals surface area contributed by atoms with Crippen LogP contribution in [0.15, 0.2) is 29.2 Å². The van der Waals surface area contributed by atoms with Crippen molar-refractivity contribution >= 4 is 33.6 Å². The van der Waals surface area contributed by atoms with E-state index in [9.17, 15) is 22.8 Å². The standard InChI is InChI=1S/C12H13N3O5S/c1-12(2)9(16)14-11(18)15(10(12)17)7-4-3-5-8(6-7)21(13,19)20/h3-6H,1-2H3,(H2,13,19,20)(H,14,16,18). The van der Waals surface area contributed by atoms with E-state index >= 15 is 0 Å². The van der Waals surface area contributed by atoms with E-state index in [1.165, 1.54) is 32.0 Å². The Bertz CT molecular complexity index is 754. The van der Waals surface area contributed by atoms with E-state index in [1.54, 1.807) is 0 Å². The van der Waals surface area contributed by atoms with Crippen molar-refractivity contribution in [1.82, 2.24) is 5.32 Å². The fraction of sp³-hybridized carbons (Fsp3) is 0.250. The summed E-state index contributed by atoms with van der Waals surface area (Å²) in [5.74, 6) is -1.46. The number of rotatable bonds is 2. The van der Waals surface area contributed by atoms with E-state index in [1.807, 2.05) is 0 Å². The number of urea groups is 1. The fourth-order valence-electron chi connectivity index (χ4n) is 1.81. The van der Waals surface area contributed by atoms with Gasteiger partial charge in [0.15, 0.2) is 0 Å². The summed E-state index contributed by atoms with van der Waals surface area (Å²) in [5, 5.41) is 7.07. The second kappa shape index (κ2) is 4.64. The number of benzene rings is 1. The number of hydrogen-bond donors (Lipinski definition) is 2. The Labute approximate surface area is 121 Å². The number of barbiturate groups is 1. The molecule has 1 heterocycles. The van der Waals surface area contributed by atoms with E-state index in [0.717, 1.165) is 11.0 Å². The quantitative estimate of drug-likeness (QED) is 0.740. The van der Waals surface area contributed by atoms with Crippen molar-refractivity contribution in [2.75, 3.05) is 4.90 Å². The average Bonchev–Trinajstić information content (AvgIpc) is 2.36. The first-order chi connectivity index (χ1) is 9.55. The van der Waals surface area contributed by atoms with Gasteiger partial charge < -0.3 is 0 Å². The van der Waals surface area contributed by atoms with Crippen LogP contribution in [0.2, 0.25) is 0 Å². The molecule has 8 nitrogen and oxygen atoms in total. The molecule has 0 unspecified atom stereocenters. The molecule has 2 rings (SSSR count). The summed E-state index contributed by atoms with van der Waals surface area (Å²) in [6.45, 7) is 2.74. The van der Waals surface area contributed by atoms with Gasteiger partial charge in [0.25, 0.3) is 0 Å². The van der Waals surface area contributed by atoms with Crippen LogP contribution in [0.25, 0.3) is 0 Å². The molecule has 1 fully saturated rings. The van der Waals surface area contributed by atoms with Crippen molar-refractivity contribution in [1.29, 1.82) is 0 Å². The third-order valence-corrected chi connectivity index (χ3v) is 4.04. The maximum absolute atomic E-state index is 12.3. The van der Waals surface area contributed by atoms with Crippen molar-refractivity contribution in [3.8, 4) is 0 Å². The van der Waals surface area contributed by atoms with E-state index in [4.69, 9.17) is 5.14 Å². The molecule has 0 aliphatic carbocycles. The smallest absolute Gasteiger partial charge is 0.276 e. The van der Waals surface area contributed by atoms with Gasteiger partial charge in [0.1, 0.15) is 5.41 Å². The van der Waals surface area contributed by atoms with Crippen LogP contribution >= 0.6 is 0 Å². The van der Waals surface area contributed by atoms with Crippen molar-refractivity contribution in [3.05, 3.63) is 24.3 Å². The van der Waals surface area contributed by atoms with Crippen molar-refractivity contribution in [2.24, 2.45) is 10.6 Å². The summed E-state index contributed by atoms with van der Waals surface area (Å²) in [4.78, 5) is 36.3. The molecular formula is C12H13N3O5S. The third-order valence-electron chi connectivity index (χ3n) is 3.13. The second-order valence-corrected chi connectivity index (χ2v) is 6.63. The predicted molar refractivity (Wildman–Crippen MR) is 72.6 cm³/mol. The molecule has 0 bridgehead atoms. The van der Waals surface area contributed by atoms with Gasteiger partial charge in [-0.05, 0) is 32.0 Å². The first kappa shape index (κ1) is 15.1. The SMILES string of the molecule is CC1(C)C(=O)NC(=O)N(c2cccc(S(N)(=O)=O)c2)C1=O. The van der Waals surface area contributed by atoms with E-state index in [-0.39, 0.29) is 10.6 Å². The Kier molecular flexibility index (Phi) is 3.34. The maximum Gasteiger partial charge on any atom is 0.335 e. The number of hydrogen-bond acceptors (Lipinski definition) is 5. The molecular weight excluding hydrogens is 298 g/mol. The summed E-state index contributed by atoms with van der Waals surface area (Å²) in [6, 6.07) is 4.12. The number of amides is 4. The molecule has 4 amide bonds. The molecule has 3 N–H and O–H groups in total. The molecule has 112 valence electrons. The normalized spacial score (nSPS) is 18.6. The number of carbonyl (C=O) groups is 3. The Morgan fingerprint density at radius 2 is 1.81 bits per heavy atom. The van der Waals surface area contributed by atoms with Crippen LogP contribution in [0.1, 0.15) is 13.8 Å². The van der Waals surface area contributed by atoms with Crippen LogP contribution in [-0.4, -0.2) is 26.3 Å². The van der Waals surface area contributed by atoms with E-state index in [0.29, 0.717) is 0 Å². The lowest BCUT2D eigenvalue weighted by molar-refractivity contribution is -0.140. The summed E-state index contributed by atoms with van der Waals surface area (Å²) in [5.41, 5.74) is -1.42. The number of primary sulfonamides is 1.